The second kappa shape index (κ2) is 12.2. The van der Waals surface area contributed by atoms with Crippen molar-refractivity contribution in [1.29, 1.82) is 0 Å². The quantitative estimate of drug-likeness (QED) is 0.256. The second-order valence-corrected chi connectivity index (χ2v) is 12.0. The lowest BCUT2D eigenvalue weighted by Crippen LogP contribution is -2.37. The molecule has 234 valence electrons. The molecule has 2 atom stereocenters. The van der Waals surface area contributed by atoms with E-state index in [-0.39, 0.29) is 49.1 Å². The van der Waals surface area contributed by atoms with Gasteiger partial charge < -0.3 is 15.1 Å². The van der Waals surface area contributed by atoms with Gasteiger partial charge in [0.05, 0.1) is 36.6 Å². The van der Waals surface area contributed by atoms with Gasteiger partial charge in [0.2, 0.25) is 11.8 Å². The van der Waals surface area contributed by atoms with Gasteiger partial charge in [0.25, 0.3) is 5.91 Å². The Morgan fingerprint density at radius 2 is 1.79 bits per heavy atom. The van der Waals surface area contributed by atoms with Gasteiger partial charge in [-0.05, 0) is 49.1 Å². The minimum absolute atomic E-state index is 0.0575. The first kappa shape index (κ1) is 30.9. The SMILES string of the molecule is CC(C)c1ocnc1C(=O)N[C@H](c1cn2ncc([C@H](NC(=O)CCC(F)(F)F)C3CCC3)cc2n1)C1CCC(F)(F)CC1. The van der Waals surface area contributed by atoms with Crippen molar-refractivity contribution in [3.05, 3.63) is 47.6 Å². The molecule has 0 unspecified atom stereocenters. The lowest BCUT2D eigenvalue weighted by Gasteiger charge is -2.34. The summed E-state index contributed by atoms with van der Waals surface area (Å²) < 4.78 is 73.0. The van der Waals surface area contributed by atoms with Gasteiger partial charge in [0.15, 0.2) is 17.7 Å². The fraction of sp³-hybridized carbons (Fsp3) is 0.621. The summed E-state index contributed by atoms with van der Waals surface area (Å²) in [5.41, 5.74) is 1.55. The van der Waals surface area contributed by atoms with E-state index in [4.69, 9.17) is 9.40 Å². The third kappa shape index (κ3) is 7.32. The van der Waals surface area contributed by atoms with Crippen LogP contribution in [0.4, 0.5) is 22.0 Å². The molecule has 2 fully saturated rings. The summed E-state index contributed by atoms with van der Waals surface area (Å²) in [5, 5.41) is 10.1. The summed E-state index contributed by atoms with van der Waals surface area (Å²) in [6, 6.07) is 0.478. The summed E-state index contributed by atoms with van der Waals surface area (Å²) in [4.78, 5) is 34.5. The van der Waals surface area contributed by atoms with Gasteiger partial charge in [-0.2, -0.15) is 18.3 Å². The van der Waals surface area contributed by atoms with Crippen LogP contribution in [-0.4, -0.2) is 43.5 Å². The molecule has 0 spiro atoms. The number of halogens is 5. The van der Waals surface area contributed by atoms with Gasteiger partial charge in [0.1, 0.15) is 5.76 Å². The summed E-state index contributed by atoms with van der Waals surface area (Å²) in [5.74, 6) is -3.92. The Labute approximate surface area is 245 Å². The zero-order chi connectivity index (χ0) is 30.9. The van der Waals surface area contributed by atoms with E-state index in [1.54, 1.807) is 18.5 Å². The van der Waals surface area contributed by atoms with E-state index in [1.807, 2.05) is 13.8 Å². The highest BCUT2D eigenvalue weighted by molar-refractivity contribution is 5.93. The molecule has 43 heavy (non-hydrogen) atoms. The summed E-state index contributed by atoms with van der Waals surface area (Å²) in [6.07, 6.45) is 0.385. The van der Waals surface area contributed by atoms with Crippen LogP contribution < -0.4 is 10.6 Å². The van der Waals surface area contributed by atoms with Crippen LogP contribution in [0.2, 0.25) is 0 Å². The number of fused-ring (bicyclic) bond motifs is 1. The van der Waals surface area contributed by atoms with Crippen molar-refractivity contribution >= 4 is 17.5 Å². The van der Waals surface area contributed by atoms with Gasteiger partial charge in [0, 0.05) is 25.2 Å². The van der Waals surface area contributed by atoms with E-state index in [0.717, 1.165) is 19.3 Å². The van der Waals surface area contributed by atoms with Gasteiger partial charge in [-0.1, -0.05) is 20.3 Å². The first-order valence-corrected chi connectivity index (χ1v) is 14.6. The Hall–Kier alpha value is -3.58. The highest BCUT2D eigenvalue weighted by Gasteiger charge is 2.40. The van der Waals surface area contributed by atoms with Crippen molar-refractivity contribution in [1.82, 2.24) is 30.2 Å². The number of carbonyl (C=O) groups is 2. The van der Waals surface area contributed by atoms with Gasteiger partial charge in [-0.3, -0.25) is 9.59 Å². The van der Waals surface area contributed by atoms with Crippen molar-refractivity contribution in [3.8, 4) is 0 Å². The molecule has 3 aromatic heterocycles. The molecule has 2 aliphatic carbocycles. The molecule has 2 amide bonds. The minimum atomic E-state index is -4.43. The Morgan fingerprint density at radius 1 is 1.09 bits per heavy atom. The molecule has 0 radical (unpaired) electrons. The van der Waals surface area contributed by atoms with E-state index < -0.39 is 48.8 Å². The van der Waals surface area contributed by atoms with Crippen LogP contribution in [0, 0.1) is 11.8 Å². The smallest absolute Gasteiger partial charge is 0.389 e. The van der Waals surface area contributed by atoms with E-state index in [2.05, 4.69) is 20.7 Å². The molecule has 3 heterocycles. The number of nitrogens with zero attached hydrogens (tertiary/aromatic N) is 4. The molecule has 2 saturated carbocycles. The fourth-order valence-electron chi connectivity index (χ4n) is 5.85. The van der Waals surface area contributed by atoms with Crippen LogP contribution >= 0.6 is 0 Å². The predicted octanol–water partition coefficient (Wildman–Crippen LogP) is 6.44. The van der Waals surface area contributed by atoms with Crippen molar-refractivity contribution in [2.24, 2.45) is 11.8 Å². The average Bonchev–Trinajstić information content (AvgIpc) is 3.56. The number of hydrogen-bond donors (Lipinski definition) is 2. The first-order chi connectivity index (χ1) is 20.3. The molecular weight excluding hydrogens is 575 g/mol. The summed E-state index contributed by atoms with van der Waals surface area (Å²) in [6.45, 7) is 3.72. The maximum Gasteiger partial charge on any atom is 0.389 e. The Balaban J connectivity index is 1.41. The Morgan fingerprint density at radius 3 is 2.42 bits per heavy atom. The monoisotopic (exact) mass is 610 g/mol. The molecule has 2 aliphatic rings. The molecule has 0 bridgehead atoms. The maximum absolute atomic E-state index is 14.0. The minimum Gasteiger partial charge on any atom is -0.447 e. The lowest BCUT2D eigenvalue weighted by molar-refractivity contribution is -0.144. The van der Waals surface area contributed by atoms with E-state index >= 15 is 0 Å². The average molecular weight is 611 g/mol. The standard InChI is InChI=1S/C29H35F5N6O3/c1-16(2)26-25(35-15-43-26)27(42)39-24(18-6-9-28(30,31)10-7-18)20-14-40-21(37-20)12-19(13-36-40)23(17-4-3-5-17)38-22(41)8-11-29(32,33)34/h12-18,23-24H,3-11H2,1-2H3,(H,38,41)(H,39,42)/t23-,24+/m1/s1. The molecule has 3 aromatic rings. The Bertz CT molecular complexity index is 1440. The number of rotatable bonds is 10. The lowest BCUT2D eigenvalue weighted by atomic mass is 9.77. The van der Waals surface area contributed by atoms with Crippen molar-refractivity contribution in [2.75, 3.05) is 0 Å². The zero-order valence-corrected chi connectivity index (χ0v) is 24.0. The summed E-state index contributed by atoms with van der Waals surface area (Å²) in [7, 11) is 0. The zero-order valence-electron chi connectivity index (χ0n) is 24.0. The number of imidazole rings is 1. The van der Waals surface area contributed by atoms with Crippen LogP contribution in [0.3, 0.4) is 0 Å². The Kier molecular flexibility index (Phi) is 8.75. The molecule has 9 nitrogen and oxygen atoms in total. The topological polar surface area (TPSA) is 114 Å². The van der Waals surface area contributed by atoms with Crippen LogP contribution in [0.25, 0.3) is 5.65 Å². The third-order valence-electron chi connectivity index (χ3n) is 8.47. The molecule has 0 saturated heterocycles. The molecule has 0 aromatic carbocycles. The van der Waals surface area contributed by atoms with Crippen molar-refractivity contribution in [2.45, 2.75) is 102 Å². The van der Waals surface area contributed by atoms with E-state index in [9.17, 15) is 31.5 Å². The summed E-state index contributed by atoms with van der Waals surface area (Å²) >= 11 is 0. The first-order valence-electron chi connectivity index (χ1n) is 14.6. The van der Waals surface area contributed by atoms with Crippen LogP contribution in [0.5, 0.6) is 0 Å². The number of carbonyl (C=O) groups excluding carboxylic acids is 2. The van der Waals surface area contributed by atoms with Crippen LogP contribution in [0.1, 0.15) is 117 Å². The van der Waals surface area contributed by atoms with E-state index in [0.29, 0.717) is 22.7 Å². The fourth-order valence-corrected chi connectivity index (χ4v) is 5.85. The number of oxazole rings is 1. The largest absolute Gasteiger partial charge is 0.447 e. The number of hydrogen-bond acceptors (Lipinski definition) is 6. The van der Waals surface area contributed by atoms with Crippen LogP contribution in [-0.2, 0) is 4.79 Å². The van der Waals surface area contributed by atoms with Gasteiger partial charge in [-0.25, -0.2) is 23.3 Å². The molecule has 5 rings (SSSR count). The normalized spacial score (nSPS) is 19.3. The number of alkyl halides is 5. The number of amides is 2. The van der Waals surface area contributed by atoms with Gasteiger partial charge in [-0.15, -0.1) is 0 Å². The van der Waals surface area contributed by atoms with Gasteiger partial charge >= 0.3 is 6.18 Å². The highest BCUT2D eigenvalue weighted by atomic mass is 19.4. The van der Waals surface area contributed by atoms with Crippen LogP contribution in [0.15, 0.2) is 29.3 Å². The van der Waals surface area contributed by atoms with Crippen molar-refractivity contribution < 1.29 is 36.0 Å². The maximum atomic E-state index is 14.0. The predicted molar refractivity (Wildman–Crippen MR) is 144 cm³/mol. The number of aromatic nitrogens is 4. The number of nitrogens with one attached hydrogen (secondary N) is 2. The molecule has 14 heteroatoms. The molecule has 2 N–H and O–H groups in total. The van der Waals surface area contributed by atoms with Crippen molar-refractivity contribution in [3.63, 3.8) is 0 Å². The van der Waals surface area contributed by atoms with E-state index in [1.165, 1.54) is 10.9 Å². The molecular formula is C29H35F5N6O3. The third-order valence-corrected chi connectivity index (χ3v) is 8.47. The molecule has 0 aliphatic heterocycles. The highest BCUT2D eigenvalue weighted by Crippen LogP contribution is 2.42. The second-order valence-electron chi connectivity index (χ2n) is 12.0.